The van der Waals surface area contributed by atoms with Crippen molar-refractivity contribution in [2.45, 2.75) is 12.8 Å². The van der Waals surface area contributed by atoms with Gasteiger partial charge in [-0.05, 0) is 24.5 Å². The van der Waals surface area contributed by atoms with Gasteiger partial charge in [-0.3, -0.25) is 4.79 Å². The molecule has 0 aliphatic carbocycles. The molecule has 1 heterocycles. The highest BCUT2D eigenvalue weighted by atomic mass is 16.2. The summed E-state index contributed by atoms with van der Waals surface area (Å²) in [6.45, 7) is 0.828. The van der Waals surface area contributed by atoms with Gasteiger partial charge < -0.3 is 4.90 Å². The van der Waals surface area contributed by atoms with E-state index < -0.39 is 0 Å². The van der Waals surface area contributed by atoms with Gasteiger partial charge in [0.1, 0.15) is 0 Å². The van der Waals surface area contributed by atoms with Gasteiger partial charge in [0.2, 0.25) is 0 Å². The van der Waals surface area contributed by atoms with Crippen LogP contribution >= 0.6 is 0 Å². The summed E-state index contributed by atoms with van der Waals surface area (Å²) in [4.78, 5) is 13.5. The van der Waals surface area contributed by atoms with E-state index >= 15 is 0 Å². The minimum atomic E-state index is 0.0554. The van der Waals surface area contributed by atoms with Crippen molar-refractivity contribution in [3.05, 3.63) is 54.2 Å². The lowest BCUT2D eigenvalue weighted by atomic mass is 10.2. The van der Waals surface area contributed by atoms with Crippen LogP contribution in [0, 0.1) is 0 Å². The first-order valence-electron chi connectivity index (χ1n) is 5.57. The molecule has 2 nitrogen and oxygen atoms in total. The Hall–Kier alpha value is -1.83. The maximum absolute atomic E-state index is 11.8. The fourth-order valence-electron chi connectivity index (χ4n) is 1.67. The third-order valence-electron chi connectivity index (χ3n) is 2.56. The number of hydrogen-bond acceptors (Lipinski definition) is 1. The molecule has 0 atom stereocenters. The second-order valence-electron chi connectivity index (χ2n) is 3.80. The van der Waals surface area contributed by atoms with Crippen molar-refractivity contribution in [2.75, 3.05) is 6.54 Å². The van der Waals surface area contributed by atoms with Crippen LogP contribution in [0.5, 0.6) is 0 Å². The third kappa shape index (κ3) is 2.83. The van der Waals surface area contributed by atoms with Crippen LogP contribution in [0.1, 0.15) is 18.4 Å². The van der Waals surface area contributed by atoms with E-state index in [4.69, 9.17) is 0 Å². The van der Waals surface area contributed by atoms with E-state index in [1.165, 1.54) is 0 Å². The van der Waals surface area contributed by atoms with Crippen LogP contribution in [0.25, 0.3) is 6.08 Å². The summed E-state index contributed by atoms with van der Waals surface area (Å²) in [5.41, 5.74) is 1.05. The lowest BCUT2D eigenvalue weighted by Crippen LogP contribution is -2.26. The molecule has 2 rings (SSSR count). The van der Waals surface area contributed by atoms with Crippen molar-refractivity contribution in [1.82, 2.24) is 4.90 Å². The minimum Gasteiger partial charge on any atom is -0.316 e. The van der Waals surface area contributed by atoms with Crippen LogP contribution in [0.4, 0.5) is 0 Å². The fraction of sp³-hybridized carbons (Fsp3) is 0.214. The van der Waals surface area contributed by atoms with Gasteiger partial charge >= 0.3 is 0 Å². The smallest absolute Gasteiger partial charge is 0.250 e. The molecular weight excluding hydrogens is 198 g/mol. The predicted molar refractivity (Wildman–Crippen MR) is 65.6 cm³/mol. The Balaban J connectivity index is 1.99. The minimum absolute atomic E-state index is 0.0554. The van der Waals surface area contributed by atoms with Gasteiger partial charge in [-0.25, -0.2) is 0 Å². The Bertz CT molecular complexity index is 406. The molecule has 0 unspecified atom stereocenters. The molecule has 1 aromatic carbocycles. The number of carbonyl (C=O) groups excluding carboxylic acids is 1. The Morgan fingerprint density at radius 1 is 1.25 bits per heavy atom. The highest BCUT2D eigenvalue weighted by Gasteiger charge is 2.08. The number of allylic oxidation sites excluding steroid dienone is 1. The molecule has 0 saturated carbocycles. The van der Waals surface area contributed by atoms with Gasteiger partial charge in [0, 0.05) is 18.8 Å². The standard InChI is InChI=1S/C14H15NO/c16-14(15-11-5-2-6-12-15)10-9-13-7-3-1-4-8-13/h1,3-5,7-11H,2,6,12H2. The number of nitrogens with zero attached hydrogens (tertiary/aromatic N) is 1. The first-order valence-corrected chi connectivity index (χ1v) is 5.57. The molecule has 0 spiro atoms. The molecule has 0 bridgehead atoms. The summed E-state index contributed by atoms with van der Waals surface area (Å²) in [5, 5.41) is 0. The molecule has 0 saturated heterocycles. The second kappa shape index (κ2) is 5.31. The highest BCUT2D eigenvalue weighted by Crippen LogP contribution is 2.07. The zero-order valence-corrected chi connectivity index (χ0v) is 9.17. The van der Waals surface area contributed by atoms with Crippen LogP contribution in [-0.2, 0) is 4.79 Å². The number of carbonyl (C=O) groups is 1. The number of amides is 1. The van der Waals surface area contributed by atoms with E-state index in [0.717, 1.165) is 24.9 Å². The van der Waals surface area contributed by atoms with Crippen LogP contribution in [0.2, 0.25) is 0 Å². The van der Waals surface area contributed by atoms with Crippen LogP contribution < -0.4 is 0 Å². The molecule has 1 aliphatic heterocycles. The first-order chi connectivity index (χ1) is 7.86. The van der Waals surface area contributed by atoms with Crippen LogP contribution in [0.15, 0.2) is 48.7 Å². The van der Waals surface area contributed by atoms with Crippen molar-refractivity contribution in [3.63, 3.8) is 0 Å². The molecule has 1 aromatic rings. The molecular formula is C14H15NO. The largest absolute Gasteiger partial charge is 0.316 e. The SMILES string of the molecule is O=C(C=Cc1ccccc1)N1C=CCCC1. The molecule has 82 valence electrons. The molecule has 0 fully saturated rings. The third-order valence-corrected chi connectivity index (χ3v) is 2.56. The molecule has 2 heteroatoms. The van der Waals surface area contributed by atoms with E-state index in [1.807, 2.05) is 48.7 Å². The second-order valence-corrected chi connectivity index (χ2v) is 3.80. The molecule has 1 aliphatic rings. The zero-order chi connectivity index (χ0) is 11.2. The van der Waals surface area contributed by atoms with E-state index in [-0.39, 0.29) is 5.91 Å². The van der Waals surface area contributed by atoms with Gasteiger partial charge in [-0.15, -0.1) is 0 Å². The Morgan fingerprint density at radius 2 is 2.06 bits per heavy atom. The Labute approximate surface area is 95.9 Å². The Morgan fingerprint density at radius 3 is 2.75 bits per heavy atom. The lowest BCUT2D eigenvalue weighted by molar-refractivity contribution is -0.123. The summed E-state index contributed by atoms with van der Waals surface area (Å²) in [5.74, 6) is 0.0554. The van der Waals surface area contributed by atoms with Crippen molar-refractivity contribution < 1.29 is 4.79 Å². The maximum atomic E-state index is 11.8. The highest BCUT2D eigenvalue weighted by molar-refractivity contribution is 5.92. The number of rotatable bonds is 2. The van der Waals surface area contributed by atoms with Gasteiger partial charge in [-0.2, -0.15) is 0 Å². The van der Waals surface area contributed by atoms with E-state index in [9.17, 15) is 4.79 Å². The van der Waals surface area contributed by atoms with Crippen molar-refractivity contribution in [3.8, 4) is 0 Å². The average molecular weight is 213 g/mol. The van der Waals surface area contributed by atoms with Gasteiger partial charge in [-0.1, -0.05) is 36.4 Å². The average Bonchev–Trinajstić information content (AvgIpc) is 2.38. The maximum Gasteiger partial charge on any atom is 0.250 e. The van der Waals surface area contributed by atoms with Crippen molar-refractivity contribution >= 4 is 12.0 Å². The summed E-state index contributed by atoms with van der Waals surface area (Å²) < 4.78 is 0. The summed E-state index contributed by atoms with van der Waals surface area (Å²) in [6.07, 6.45) is 9.53. The van der Waals surface area contributed by atoms with E-state index in [1.54, 1.807) is 11.0 Å². The van der Waals surface area contributed by atoms with Crippen LogP contribution in [0.3, 0.4) is 0 Å². The van der Waals surface area contributed by atoms with Gasteiger partial charge in [0.25, 0.3) is 5.91 Å². The lowest BCUT2D eigenvalue weighted by Gasteiger charge is -2.19. The van der Waals surface area contributed by atoms with Gasteiger partial charge in [0.15, 0.2) is 0 Å². The van der Waals surface area contributed by atoms with Crippen LogP contribution in [-0.4, -0.2) is 17.4 Å². The van der Waals surface area contributed by atoms with E-state index in [2.05, 4.69) is 0 Å². The van der Waals surface area contributed by atoms with Gasteiger partial charge in [0.05, 0.1) is 0 Å². The molecule has 1 amide bonds. The topological polar surface area (TPSA) is 20.3 Å². The van der Waals surface area contributed by atoms with Crippen molar-refractivity contribution in [2.24, 2.45) is 0 Å². The van der Waals surface area contributed by atoms with Crippen molar-refractivity contribution in [1.29, 1.82) is 0 Å². The first kappa shape index (κ1) is 10.7. The van der Waals surface area contributed by atoms with E-state index in [0.29, 0.717) is 0 Å². The normalized spacial score (nSPS) is 15.6. The quantitative estimate of drug-likeness (QED) is 0.692. The molecule has 0 N–H and O–H groups in total. The molecule has 0 radical (unpaired) electrons. The number of hydrogen-bond donors (Lipinski definition) is 0. The molecule has 16 heavy (non-hydrogen) atoms. The summed E-state index contributed by atoms with van der Waals surface area (Å²) in [6, 6.07) is 9.86. The number of benzene rings is 1. The predicted octanol–water partition coefficient (Wildman–Crippen LogP) is 2.84. The Kier molecular flexibility index (Phi) is 3.54. The monoisotopic (exact) mass is 213 g/mol. The fourth-order valence-corrected chi connectivity index (χ4v) is 1.67. The molecule has 0 aromatic heterocycles. The zero-order valence-electron chi connectivity index (χ0n) is 9.17. The summed E-state index contributed by atoms with van der Waals surface area (Å²) in [7, 11) is 0. The summed E-state index contributed by atoms with van der Waals surface area (Å²) >= 11 is 0.